The van der Waals surface area contributed by atoms with Gasteiger partial charge in [-0.2, -0.15) is 0 Å². The van der Waals surface area contributed by atoms with Crippen LogP contribution in [0.15, 0.2) is 66.7 Å². The Morgan fingerprint density at radius 2 is 1.56 bits per heavy atom. The SMILES string of the molecule is CCCCNC(=O)C(Cc1ccccc1)N(Cc1ccc(Cl)cc1Cl)C(=O)CN(c1cc(Cl)ccc1Cl)S(C)(=O)=O. The number of unbranched alkanes of at least 4 members (excludes halogenated alkanes) is 1. The van der Waals surface area contributed by atoms with Crippen LogP contribution in [-0.4, -0.2) is 50.5 Å². The first kappa shape index (κ1) is 33.0. The smallest absolute Gasteiger partial charge is 0.244 e. The Kier molecular flexibility index (Phi) is 12.2. The predicted molar refractivity (Wildman–Crippen MR) is 168 cm³/mol. The average molecular weight is 659 g/mol. The largest absolute Gasteiger partial charge is 0.354 e. The molecule has 1 unspecified atom stereocenters. The molecule has 0 radical (unpaired) electrons. The van der Waals surface area contributed by atoms with Crippen LogP contribution < -0.4 is 9.62 Å². The molecule has 3 rings (SSSR count). The fourth-order valence-corrected chi connectivity index (χ4v) is 5.92. The first-order chi connectivity index (χ1) is 19.4. The number of hydrogen-bond acceptors (Lipinski definition) is 4. The molecule has 0 aromatic heterocycles. The molecule has 0 aliphatic heterocycles. The van der Waals surface area contributed by atoms with Crippen LogP contribution in [0.4, 0.5) is 5.69 Å². The molecule has 220 valence electrons. The van der Waals surface area contributed by atoms with E-state index in [0.29, 0.717) is 22.2 Å². The lowest BCUT2D eigenvalue weighted by Gasteiger charge is -2.34. The first-order valence-electron chi connectivity index (χ1n) is 12.9. The van der Waals surface area contributed by atoms with Crippen LogP contribution in [0.5, 0.6) is 0 Å². The molecular weight excluding hydrogens is 628 g/mol. The van der Waals surface area contributed by atoms with Gasteiger partial charge < -0.3 is 10.2 Å². The minimum atomic E-state index is -4.00. The van der Waals surface area contributed by atoms with Gasteiger partial charge in [0.15, 0.2) is 0 Å². The first-order valence-corrected chi connectivity index (χ1v) is 16.2. The van der Waals surface area contributed by atoms with E-state index in [0.717, 1.165) is 29.0 Å². The van der Waals surface area contributed by atoms with Gasteiger partial charge in [-0.25, -0.2) is 8.42 Å². The van der Waals surface area contributed by atoms with E-state index in [2.05, 4.69) is 5.32 Å². The standard InChI is InChI=1S/C29H31Cl4N3O4S/c1-3-4-14-34-29(38)27(15-20-8-6-5-7-9-20)35(18-21-10-11-22(30)16-25(21)33)28(37)19-36(41(2,39)40)26-17-23(31)12-13-24(26)32/h5-13,16-17,27H,3-4,14-15,18-19H2,1-2H3,(H,34,38). The molecule has 0 bridgehead atoms. The highest BCUT2D eigenvalue weighted by Gasteiger charge is 2.33. The number of benzene rings is 3. The maximum atomic E-state index is 14.1. The third-order valence-corrected chi connectivity index (χ3v) is 8.58. The van der Waals surface area contributed by atoms with E-state index in [1.165, 1.54) is 23.1 Å². The minimum absolute atomic E-state index is 0.0477. The summed E-state index contributed by atoms with van der Waals surface area (Å²) in [5, 5.41) is 3.98. The summed E-state index contributed by atoms with van der Waals surface area (Å²) in [6.07, 6.45) is 2.79. The van der Waals surface area contributed by atoms with Crippen molar-refractivity contribution in [1.82, 2.24) is 10.2 Å². The lowest BCUT2D eigenvalue weighted by atomic mass is 10.0. The highest BCUT2D eigenvalue weighted by atomic mass is 35.5. The molecule has 1 N–H and O–H groups in total. The van der Waals surface area contributed by atoms with E-state index < -0.39 is 28.5 Å². The molecular formula is C29H31Cl4N3O4S. The summed E-state index contributed by atoms with van der Waals surface area (Å²) < 4.78 is 26.7. The van der Waals surface area contributed by atoms with Gasteiger partial charge in [0.05, 0.1) is 17.0 Å². The van der Waals surface area contributed by atoms with Crippen molar-refractivity contribution in [2.24, 2.45) is 0 Å². The molecule has 0 aliphatic rings. The number of anilines is 1. The minimum Gasteiger partial charge on any atom is -0.354 e. The number of amides is 2. The molecule has 3 aromatic rings. The molecule has 3 aromatic carbocycles. The van der Waals surface area contributed by atoms with Gasteiger partial charge in [-0.1, -0.05) is 96.1 Å². The Morgan fingerprint density at radius 3 is 2.20 bits per heavy atom. The maximum absolute atomic E-state index is 14.1. The number of halogens is 4. The van der Waals surface area contributed by atoms with E-state index in [1.807, 2.05) is 37.3 Å². The van der Waals surface area contributed by atoms with Gasteiger partial charge in [0.2, 0.25) is 21.8 Å². The Hall–Kier alpha value is -2.49. The van der Waals surface area contributed by atoms with E-state index in [1.54, 1.807) is 18.2 Å². The van der Waals surface area contributed by atoms with E-state index >= 15 is 0 Å². The number of hydrogen-bond donors (Lipinski definition) is 1. The van der Waals surface area contributed by atoms with Gasteiger partial charge in [-0.05, 0) is 47.9 Å². The zero-order valence-electron chi connectivity index (χ0n) is 22.6. The summed E-state index contributed by atoms with van der Waals surface area (Å²) in [5.41, 5.74) is 1.41. The normalized spacial score (nSPS) is 12.0. The number of sulfonamides is 1. The molecule has 0 aliphatic carbocycles. The number of carbonyl (C=O) groups excluding carboxylic acids is 2. The van der Waals surface area contributed by atoms with Crippen LogP contribution in [-0.2, 0) is 32.6 Å². The van der Waals surface area contributed by atoms with Crippen molar-refractivity contribution in [2.75, 3.05) is 23.7 Å². The topological polar surface area (TPSA) is 86.8 Å². The number of nitrogens with one attached hydrogen (secondary N) is 1. The molecule has 1 atom stereocenters. The van der Waals surface area contributed by atoms with Gasteiger partial charge >= 0.3 is 0 Å². The van der Waals surface area contributed by atoms with Crippen molar-refractivity contribution >= 4 is 73.9 Å². The Labute approximate surface area is 261 Å². The Bertz CT molecular complexity index is 1470. The summed E-state index contributed by atoms with van der Waals surface area (Å²) in [6, 6.07) is 17.5. The second kappa shape index (κ2) is 15.1. The molecule has 12 heteroatoms. The molecule has 0 heterocycles. The van der Waals surface area contributed by atoms with Gasteiger partial charge in [0.1, 0.15) is 12.6 Å². The highest BCUT2D eigenvalue weighted by molar-refractivity contribution is 7.92. The zero-order valence-corrected chi connectivity index (χ0v) is 26.5. The zero-order chi connectivity index (χ0) is 30.2. The number of rotatable bonds is 13. The van der Waals surface area contributed by atoms with Crippen LogP contribution in [0.1, 0.15) is 30.9 Å². The van der Waals surface area contributed by atoms with Crippen LogP contribution in [0, 0.1) is 0 Å². The third kappa shape index (κ3) is 9.51. The Balaban J connectivity index is 2.09. The van der Waals surface area contributed by atoms with Crippen LogP contribution in [0.2, 0.25) is 20.1 Å². The number of nitrogens with zero attached hydrogens (tertiary/aromatic N) is 2. The predicted octanol–water partition coefficient (Wildman–Crippen LogP) is 6.62. The summed E-state index contributed by atoms with van der Waals surface area (Å²) in [4.78, 5) is 29.1. The second-order valence-electron chi connectivity index (χ2n) is 9.47. The van der Waals surface area contributed by atoms with Gasteiger partial charge in [-0.3, -0.25) is 13.9 Å². The van der Waals surface area contributed by atoms with Crippen molar-refractivity contribution in [1.29, 1.82) is 0 Å². The van der Waals surface area contributed by atoms with Crippen molar-refractivity contribution in [3.05, 3.63) is 97.9 Å². The molecule has 0 saturated heterocycles. The summed E-state index contributed by atoms with van der Waals surface area (Å²) in [5.74, 6) is -1.00. The monoisotopic (exact) mass is 657 g/mol. The lowest BCUT2D eigenvalue weighted by Crippen LogP contribution is -2.53. The van der Waals surface area contributed by atoms with Crippen molar-refractivity contribution in [3.63, 3.8) is 0 Å². The van der Waals surface area contributed by atoms with Gasteiger partial charge in [0, 0.05) is 34.6 Å². The van der Waals surface area contributed by atoms with E-state index in [-0.39, 0.29) is 34.6 Å². The molecule has 41 heavy (non-hydrogen) atoms. The highest BCUT2D eigenvalue weighted by Crippen LogP contribution is 2.31. The molecule has 2 amide bonds. The average Bonchev–Trinajstić information content (AvgIpc) is 2.91. The van der Waals surface area contributed by atoms with Crippen LogP contribution in [0.25, 0.3) is 0 Å². The van der Waals surface area contributed by atoms with Crippen molar-refractivity contribution in [3.8, 4) is 0 Å². The van der Waals surface area contributed by atoms with Crippen molar-refractivity contribution in [2.45, 2.75) is 38.8 Å². The van der Waals surface area contributed by atoms with Crippen LogP contribution >= 0.6 is 46.4 Å². The second-order valence-corrected chi connectivity index (χ2v) is 13.1. The molecule has 0 fully saturated rings. The quantitative estimate of drug-likeness (QED) is 0.209. The lowest BCUT2D eigenvalue weighted by molar-refractivity contribution is -0.140. The van der Waals surface area contributed by atoms with Gasteiger partial charge in [-0.15, -0.1) is 0 Å². The molecule has 0 spiro atoms. The summed E-state index contributed by atoms with van der Waals surface area (Å²) in [7, 11) is -4.00. The number of carbonyl (C=O) groups is 2. The third-order valence-electron chi connectivity index (χ3n) is 6.31. The molecule has 0 saturated carbocycles. The van der Waals surface area contributed by atoms with Gasteiger partial charge in [0.25, 0.3) is 0 Å². The molecule has 7 nitrogen and oxygen atoms in total. The van der Waals surface area contributed by atoms with Crippen molar-refractivity contribution < 1.29 is 18.0 Å². The summed E-state index contributed by atoms with van der Waals surface area (Å²) in [6.45, 7) is 1.73. The Morgan fingerprint density at radius 1 is 0.902 bits per heavy atom. The van der Waals surface area contributed by atoms with E-state index in [4.69, 9.17) is 46.4 Å². The maximum Gasteiger partial charge on any atom is 0.244 e. The fourth-order valence-electron chi connectivity index (χ4n) is 4.17. The summed E-state index contributed by atoms with van der Waals surface area (Å²) >= 11 is 25.0. The fraction of sp³-hybridized carbons (Fsp3) is 0.310. The van der Waals surface area contributed by atoms with Crippen LogP contribution in [0.3, 0.4) is 0 Å². The van der Waals surface area contributed by atoms with E-state index in [9.17, 15) is 18.0 Å².